The molecule has 0 aromatic carbocycles. The molecule has 1 atom stereocenters. The summed E-state index contributed by atoms with van der Waals surface area (Å²) in [5, 5.41) is 9.79. The largest absolute Gasteiger partial charge is 0.433 e. The summed E-state index contributed by atoms with van der Waals surface area (Å²) in [6.45, 7) is 1.55. The molecule has 3 aromatic heterocycles. The van der Waals surface area contributed by atoms with Crippen LogP contribution in [0.25, 0.3) is 27.7 Å². The first kappa shape index (κ1) is 22.1. The summed E-state index contributed by atoms with van der Waals surface area (Å²) in [7, 11) is 1.53. The number of alkyl halides is 3. The van der Waals surface area contributed by atoms with Crippen molar-refractivity contribution < 1.29 is 18.3 Å². The maximum Gasteiger partial charge on any atom is 0.433 e. The van der Waals surface area contributed by atoms with E-state index in [0.717, 1.165) is 12.3 Å². The summed E-state index contributed by atoms with van der Waals surface area (Å²) >= 11 is 0. The average molecular weight is 432 g/mol. The molecule has 1 unspecified atom stereocenters. The Morgan fingerprint density at radius 1 is 1.35 bits per heavy atom. The lowest BCUT2D eigenvalue weighted by atomic mass is 10.1. The van der Waals surface area contributed by atoms with E-state index in [1.165, 1.54) is 49.4 Å². The number of hydrogen-bond acceptors (Lipinski definition) is 7. The second kappa shape index (κ2) is 8.64. The molecule has 0 aliphatic carbocycles. The molecule has 0 aliphatic heterocycles. The smallest absolute Gasteiger partial charge is 0.404 e. The SMILES string of the molecule is CN=CC(=CN)c1nc(-c2ccc(C(F)(F)F)nc2)cc2c(=O)n(CC(C)O)cnc12. The van der Waals surface area contributed by atoms with Gasteiger partial charge in [-0.25, -0.2) is 9.97 Å². The molecule has 8 nitrogen and oxygen atoms in total. The Balaban J connectivity index is 2.29. The first-order valence-electron chi connectivity index (χ1n) is 9.12. The monoisotopic (exact) mass is 432 g/mol. The molecule has 162 valence electrons. The standard InChI is InChI=1S/C20H19F3N6O2/c1-11(30)9-29-10-27-18-14(19(29)31)5-15(28-17(18)13(6-24)7-25-2)12-3-4-16(26-8-12)20(21,22)23/h3-8,10-11,30H,9,24H2,1-2H3. The molecule has 3 heterocycles. The third-order valence-corrected chi connectivity index (χ3v) is 4.34. The Morgan fingerprint density at radius 2 is 2.10 bits per heavy atom. The Hall–Kier alpha value is -3.60. The number of halogens is 3. The zero-order chi connectivity index (χ0) is 22.8. The van der Waals surface area contributed by atoms with E-state index in [1.54, 1.807) is 0 Å². The van der Waals surface area contributed by atoms with E-state index in [9.17, 15) is 23.1 Å². The van der Waals surface area contributed by atoms with Crippen LogP contribution in [0.2, 0.25) is 0 Å². The minimum atomic E-state index is -4.58. The van der Waals surface area contributed by atoms with Crippen molar-refractivity contribution in [3.63, 3.8) is 0 Å². The molecule has 3 rings (SSSR count). The number of fused-ring (bicyclic) bond motifs is 1. The normalized spacial score (nSPS) is 13.8. The highest BCUT2D eigenvalue weighted by Crippen LogP contribution is 2.30. The van der Waals surface area contributed by atoms with Crippen molar-refractivity contribution in [2.45, 2.75) is 25.7 Å². The number of aliphatic hydroxyl groups is 1. The third kappa shape index (κ3) is 4.61. The van der Waals surface area contributed by atoms with Gasteiger partial charge in [-0.05, 0) is 25.1 Å². The molecule has 0 bridgehead atoms. The highest BCUT2D eigenvalue weighted by atomic mass is 19.4. The molecule has 31 heavy (non-hydrogen) atoms. The fourth-order valence-electron chi connectivity index (χ4n) is 2.97. The lowest BCUT2D eigenvalue weighted by molar-refractivity contribution is -0.141. The van der Waals surface area contributed by atoms with Gasteiger partial charge in [0.2, 0.25) is 0 Å². The van der Waals surface area contributed by atoms with Crippen LogP contribution in [0.4, 0.5) is 13.2 Å². The van der Waals surface area contributed by atoms with Crippen LogP contribution in [0.1, 0.15) is 18.3 Å². The molecule has 0 saturated heterocycles. The van der Waals surface area contributed by atoms with Gasteiger partial charge in [-0.3, -0.25) is 19.3 Å². The van der Waals surface area contributed by atoms with Crippen molar-refractivity contribution in [2.75, 3.05) is 7.05 Å². The third-order valence-electron chi connectivity index (χ3n) is 4.34. The lowest BCUT2D eigenvalue weighted by Gasteiger charge is -2.13. The molecule has 3 N–H and O–H groups in total. The fourth-order valence-corrected chi connectivity index (χ4v) is 2.97. The van der Waals surface area contributed by atoms with E-state index < -0.39 is 23.5 Å². The summed E-state index contributed by atoms with van der Waals surface area (Å²) in [6, 6.07) is 3.48. The highest BCUT2D eigenvalue weighted by molar-refractivity contribution is 6.13. The maximum atomic E-state index is 13.0. The van der Waals surface area contributed by atoms with Crippen molar-refractivity contribution in [1.29, 1.82) is 0 Å². The van der Waals surface area contributed by atoms with Crippen LogP contribution in [0, 0.1) is 0 Å². The number of rotatable bonds is 5. The molecule has 3 aromatic rings. The van der Waals surface area contributed by atoms with Gasteiger partial charge in [0.1, 0.15) is 16.9 Å². The minimum Gasteiger partial charge on any atom is -0.404 e. The zero-order valence-corrected chi connectivity index (χ0v) is 16.6. The van der Waals surface area contributed by atoms with Crippen molar-refractivity contribution in [1.82, 2.24) is 19.5 Å². The predicted octanol–water partition coefficient (Wildman–Crippen LogP) is 2.25. The number of nitrogens with zero attached hydrogens (tertiary/aromatic N) is 5. The van der Waals surface area contributed by atoms with E-state index in [2.05, 4.69) is 19.9 Å². The van der Waals surface area contributed by atoms with Crippen LogP contribution < -0.4 is 11.3 Å². The molecule has 11 heteroatoms. The van der Waals surface area contributed by atoms with Gasteiger partial charge in [0, 0.05) is 36.8 Å². The van der Waals surface area contributed by atoms with E-state index in [-0.39, 0.29) is 34.4 Å². The van der Waals surface area contributed by atoms with E-state index in [0.29, 0.717) is 5.57 Å². The van der Waals surface area contributed by atoms with Gasteiger partial charge in [-0.2, -0.15) is 13.2 Å². The van der Waals surface area contributed by atoms with Gasteiger partial charge in [-0.15, -0.1) is 0 Å². The zero-order valence-electron chi connectivity index (χ0n) is 16.6. The Morgan fingerprint density at radius 3 is 2.65 bits per heavy atom. The summed E-state index contributed by atoms with van der Waals surface area (Å²) in [5.74, 6) is 0. The van der Waals surface area contributed by atoms with Crippen LogP contribution in [0.15, 0.2) is 46.7 Å². The number of nitrogens with two attached hydrogens (primary N) is 1. The Kier molecular flexibility index (Phi) is 6.16. The van der Waals surface area contributed by atoms with Crippen molar-refractivity contribution in [3.8, 4) is 11.3 Å². The summed E-state index contributed by atoms with van der Waals surface area (Å²) in [5.41, 5.74) is 5.54. The summed E-state index contributed by atoms with van der Waals surface area (Å²) < 4.78 is 39.8. The van der Waals surface area contributed by atoms with Crippen molar-refractivity contribution in [3.05, 3.63) is 58.7 Å². The van der Waals surface area contributed by atoms with Crippen LogP contribution in [-0.4, -0.2) is 44.0 Å². The molecule has 0 spiro atoms. The van der Waals surface area contributed by atoms with Gasteiger partial charge >= 0.3 is 6.18 Å². The van der Waals surface area contributed by atoms with Crippen molar-refractivity contribution in [2.24, 2.45) is 10.7 Å². The first-order valence-corrected chi connectivity index (χ1v) is 9.12. The van der Waals surface area contributed by atoms with Crippen LogP contribution in [0.5, 0.6) is 0 Å². The maximum absolute atomic E-state index is 13.0. The number of allylic oxidation sites excluding steroid dienone is 1. The molecule has 0 aliphatic rings. The first-order chi connectivity index (χ1) is 14.7. The predicted molar refractivity (Wildman–Crippen MR) is 110 cm³/mol. The molecule has 0 saturated carbocycles. The number of pyridine rings is 2. The van der Waals surface area contributed by atoms with Gasteiger partial charge in [0.05, 0.1) is 30.1 Å². The van der Waals surface area contributed by atoms with Gasteiger partial charge in [-0.1, -0.05) is 0 Å². The Bertz CT molecular complexity index is 1210. The lowest BCUT2D eigenvalue weighted by Crippen LogP contribution is -2.26. The summed E-state index contributed by atoms with van der Waals surface area (Å²) in [6.07, 6.45) is -0.369. The molecular formula is C20H19F3N6O2. The number of hydrogen-bond donors (Lipinski definition) is 2. The number of aliphatic imine (C=N–C) groups is 1. The highest BCUT2D eigenvalue weighted by Gasteiger charge is 2.32. The van der Waals surface area contributed by atoms with Crippen LogP contribution >= 0.6 is 0 Å². The second-order valence-corrected chi connectivity index (χ2v) is 6.74. The van der Waals surface area contributed by atoms with E-state index in [1.807, 2.05) is 0 Å². The van der Waals surface area contributed by atoms with E-state index in [4.69, 9.17) is 5.73 Å². The van der Waals surface area contributed by atoms with Crippen molar-refractivity contribution >= 4 is 22.7 Å². The quantitative estimate of drug-likeness (QED) is 0.597. The second-order valence-electron chi connectivity index (χ2n) is 6.74. The topological polar surface area (TPSA) is 119 Å². The van der Waals surface area contributed by atoms with E-state index >= 15 is 0 Å². The van der Waals surface area contributed by atoms with Gasteiger partial charge in [0.25, 0.3) is 5.56 Å². The Labute approximate surface area is 174 Å². The fraction of sp³-hybridized carbons (Fsp3) is 0.250. The van der Waals surface area contributed by atoms with Gasteiger partial charge < -0.3 is 10.8 Å². The minimum absolute atomic E-state index is 0.0204. The average Bonchev–Trinajstić information content (AvgIpc) is 2.72. The number of aliphatic hydroxyl groups excluding tert-OH is 1. The molecule has 0 radical (unpaired) electrons. The number of aromatic nitrogens is 4. The molecule has 0 amide bonds. The molecule has 0 fully saturated rings. The van der Waals surface area contributed by atoms with Crippen LogP contribution in [0.3, 0.4) is 0 Å². The molecular weight excluding hydrogens is 413 g/mol. The van der Waals surface area contributed by atoms with Crippen LogP contribution in [-0.2, 0) is 12.7 Å². The summed E-state index contributed by atoms with van der Waals surface area (Å²) in [4.78, 5) is 29.1. The van der Waals surface area contributed by atoms with Gasteiger partial charge in [0.15, 0.2) is 0 Å².